The van der Waals surface area contributed by atoms with Crippen LogP contribution in [-0.4, -0.2) is 46.3 Å². The minimum atomic E-state index is -0.415. The van der Waals surface area contributed by atoms with E-state index in [0.29, 0.717) is 29.2 Å². The second-order valence-corrected chi connectivity index (χ2v) is 8.58. The first-order valence-electron chi connectivity index (χ1n) is 11.0. The molecule has 1 aromatic heterocycles. The van der Waals surface area contributed by atoms with Gasteiger partial charge in [-0.05, 0) is 51.5 Å². The highest BCUT2D eigenvalue weighted by Crippen LogP contribution is 2.32. The summed E-state index contributed by atoms with van der Waals surface area (Å²) in [7, 11) is 1.77. The third-order valence-corrected chi connectivity index (χ3v) is 6.54. The molecule has 0 unspecified atom stereocenters. The van der Waals surface area contributed by atoms with Crippen molar-refractivity contribution in [3.63, 3.8) is 0 Å². The Balaban J connectivity index is 1.72. The number of Topliss-reactive ketones (excluding diaryl/α,β-unsaturated/α-hetero) is 1. The molecule has 6 nitrogen and oxygen atoms in total. The zero-order valence-corrected chi connectivity index (χ0v) is 18.3. The van der Waals surface area contributed by atoms with Crippen LogP contribution in [-0.2, 0) is 16.6 Å². The molecular weight excluding hydrogens is 368 g/mol. The molecule has 1 heterocycles. The summed E-state index contributed by atoms with van der Waals surface area (Å²) < 4.78 is 6.88. The zero-order chi connectivity index (χ0) is 21.1. The predicted molar refractivity (Wildman–Crippen MR) is 111 cm³/mol. The quantitative estimate of drug-likeness (QED) is 0.463. The number of hydrogen-bond donors (Lipinski definition) is 0. The molecular formula is C23H34N2O4. The highest BCUT2D eigenvalue weighted by atomic mass is 16.5. The maximum absolute atomic E-state index is 13.2. The van der Waals surface area contributed by atoms with Crippen LogP contribution in [0, 0.1) is 19.8 Å². The summed E-state index contributed by atoms with van der Waals surface area (Å²) >= 11 is 0. The summed E-state index contributed by atoms with van der Waals surface area (Å²) in [6.07, 6.45) is 8.44. The van der Waals surface area contributed by atoms with Gasteiger partial charge in [0, 0.05) is 30.8 Å². The van der Waals surface area contributed by atoms with Crippen molar-refractivity contribution in [3.8, 4) is 0 Å². The predicted octanol–water partition coefficient (Wildman–Crippen LogP) is 3.96. The minimum absolute atomic E-state index is 0.0905. The van der Waals surface area contributed by atoms with E-state index in [0.717, 1.165) is 25.0 Å². The number of hydrogen-bond acceptors (Lipinski definition) is 4. The van der Waals surface area contributed by atoms with Crippen molar-refractivity contribution in [2.75, 3.05) is 13.2 Å². The molecule has 29 heavy (non-hydrogen) atoms. The van der Waals surface area contributed by atoms with Gasteiger partial charge in [0.2, 0.25) is 5.91 Å². The summed E-state index contributed by atoms with van der Waals surface area (Å²) in [6, 6.07) is 0.198. The van der Waals surface area contributed by atoms with Crippen LogP contribution >= 0.6 is 0 Å². The van der Waals surface area contributed by atoms with Gasteiger partial charge in [-0.25, -0.2) is 4.79 Å². The number of aromatic nitrogens is 1. The van der Waals surface area contributed by atoms with Gasteiger partial charge in [0.1, 0.15) is 5.69 Å². The second kappa shape index (κ2) is 9.14. The van der Waals surface area contributed by atoms with Crippen LogP contribution in [0.15, 0.2) is 0 Å². The lowest BCUT2D eigenvalue weighted by molar-refractivity contribution is -0.131. The smallest absolute Gasteiger partial charge is 0.355 e. The molecule has 0 atom stereocenters. The first-order valence-corrected chi connectivity index (χ1v) is 11.0. The largest absolute Gasteiger partial charge is 0.461 e. The lowest BCUT2D eigenvalue weighted by atomic mass is 10.0. The number of rotatable bonds is 9. The Kier molecular flexibility index (Phi) is 6.81. The SMILES string of the molecule is CCOC(=O)c1c(C)c(C(=O)CN(C(=O)CCC2CCCC2)C2CC2)c(C)n1C. The fourth-order valence-corrected chi connectivity index (χ4v) is 4.69. The maximum atomic E-state index is 13.2. The summed E-state index contributed by atoms with van der Waals surface area (Å²) in [5.41, 5.74) is 2.34. The highest BCUT2D eigenvalue weighted by molar-refractivity contribution is 6.04. The molecule has 3 rings (SSSR count). The Hall–Kier alpha value is -2.11. The molecule has 0 aliphatic heterocycles. The summed E-state index contributed by atoms with van der Waals surface area (Å²) in [5.74, 6) is 0.264. The number of carbonyl (C=O) groups excluding carboxylic acids is 3. The van der Waals surface area contributed by atoms with E-state index in [9.17, 15) is 14.4 Å². The second-order valence-electron chi connectivity index (χ2n) is 8.58. The van der Waals surface area contributed by atoms with Crippen molar-refractivity contribution in [2.24, 2.45) is 13.0 Å². The molecule has 0 spiro atoms. The molecule has 2 saturated carbocycles. The van der Waals surface area contributed by atoms with Crippen LogP contribution in [0.1, 0.15) is 90.4 Å². The number of ether oxygens (including phenoxy) is 1. The molecule has 160 valence electrons. The van der Waals surface area contributed by atoms with E-state index in [1.54, 1.807) is 30.4 Å². The molecule has 0 bridgehead atoms. The zero-order valence-electron chi connectivity index (χ0n) is 18.3. The molecule has 0 N–H and O–H groups in total. The Morgan fingerprint density at radius 3 is 2.34 bits per heavy atom. The van der Waals surface area contributed by atoms with Crippen molar-refractivity contribution >= 4 is 17.7 Å². The summed E-state index contributed by atoms with van der Waals surface area (Å²) in [4.78, 5) is 40.2. The monoisotopic (exact) mass is 402 g/mol. The fraction of sp³-hybridized carbons (Fsp3) is 0.696. The lowest BCUT2D eigenvalue weighted by Gasteiger charge is -2.22. The maximum Gasteiger partial charge on any atom is 0.355 e. The van der Waals surface area contributed by atoms with Gasteiger partial charge in [-0.1, -0.05) is 25.7 Å². The van der Waals surface area contributed by atoms with E-state index >= 15 is 0 Å². The van der Waals surface area contributed by atoms with Gasteiger partial charge >= 0.3 is 5.97 Å². The standard InChI is InChI=1S/C23H34N2O4/c1-5-29-23(28)22-15(2)21(16(3)24(22)4)19(26)14-25(18-11-12-18)20(27)13-10-17-8-6-7-9-17/h17-18H,5-14H2,1-4H3. The number of amides is 1. The highest BCUT2D eigenvalue weighted by Gasteiger charge is 2.35. The first-order chi connectivity index (χ1) is 13.8. The van der Waals surface area contributed by atoms with Crippen LogP contribution in [0.25, 0.3) is 0 Å². The van der Waals surface area contributed by atoms with E-state index in [2.05, 4.69) is 0 Å². The van der Waals surface area contributed by atoms with Crippen molar-refractivity contribution in [3.05, 3.63) is 22.5 Å². The lowest BCUT2D eigenvalue weighted by Crippen LogP contribution is -2.37. The van der Waals surface area contributed by atoms with Crippen LogP contribution in [0.4, 0.5) is 0 Å². The Bertz CT molecular complexity index is 785. The van der Waals surface area contributed by atoms with Gasteiger partial charge < -0.3 is 14.2 Å². The molecule has 0 radical (unpaired) electrons. The van der Waals surface area contributed by atoms with Crippen LogP contribution in [0.5, 0.6) is 0 Å². The minimum Gasteiger partial charge on any atom is -0.461 e. The third-order valence-electron chi connectivity index (χ3n) is 6.54. The van der Waals surface area contributed by atoms with E-state index in [1.807, 2.05) is 6.92 Å². The molecule has 2 fully saturated rings. The Labute approximate surface area is 173 Å². The van der Waals surface area contributed by atoms with Crippen molar-refractivity contribution in [1.82, 2.24) is 9.47 Å². The number of ketones is 1. The van der Waals surface area contributed by atoms with E-state index < -0.39 is 5.97 Å². The van der Waals surface area contributed by atoms with Gasteiger partial charge in [0.05, 0.1) is 13.2 Å². The average molecular weight is 403 g/mol. The van der Waals surface area contributed by atoms with Crippen LogP contribution in [0.2, 0.25) is 0 Å². The number of esters is 1. The van der Waals surface area contributed by atoms with E-state index in [1.165, 1.54) is 25.7 Å². The first kappa shape index (κ1) is 21.6. The summed E-state index contributed by atoms with van der Waals surface area (Å²) in [5, 5.41) is 0. The molecule has 1 amide bonds. The van der Waals surface area contributed by atoms with Crippen LogP contribution in [0.3, 0.4) is 0 Å². The molecule has 6 heteroatoms. The van der Waals surface area contributed by atoms with Gasteiger partial charge in [-0.2, -0.15) is 0 Å². The van der Waals surface area contributed by atoms with Crippen LogP contribution < -0.4 is 0 Å². The number of carbonyl (C=O) groups is 3. The Morgan fingerprint density at radius 2 is 1.76 bits per heavy atom. The third kappa shape index (κ3) is 4.73. The van der Waals surface area contributed by atoms with Gasteiger partial charge in [0.25, 0.3) is 0 Å². The normalized spacial score (nSPS) is 16.8. The average Bonchev–Trinajstić information content (AvgIpc) is 3.32. The van der Waals surface area contributed by atoms with Crippen molar-refractivity contribution in [1.29, 1.82) is 0 Å². The van der Waals surface area contributed by atoms with Gasteiger partial charge in [-0.3, -0.25) is 9.59 Å². The molecule has 2 aliphatic rings. The number of nitrogens with zero attached hydrogens (tertiary/aromatic N) is 2. The molecule has 2 aliphatic carbocycles. The van der Waals surface area contributed by atoms with Crippen molar-refractivity contribution in [2.45, 2.75) is 78.2 Å². The topological polar surface area (TPSA) is 68.6 Å². The molecule has 0 saturated heterocycles. The van der Waals surface area contributed by atoms with Crippen molar-refractivity contribution < 1.29 is 19.1 Å². The van der Waals surface area contributed by atoms with Gasteiger partial charge in [-0.15, -0.1) is 0 Å². The Morgan fingerprint density at radius 1 is 1.10 bits per heavy atom. The van der Waals surface area contributed by atoms with E-state index in [-0.39, 0.29) is 30.9 Å². The fourth-order valence-electron chi connectivity index (χ4n) is 4.69. The van der Waals surface area contributed by atoms with Gasteiger partial charge in [0.15, 0.2) is 5.78 Å². The van der Waals surface area contributed by atoms with E-state index in [4.69, 9.17) is 4.74 Å². The molecule has 1 aromatic rings. The summed E-state index contributed by atoms with van der Waals surface area (Å²) in [6.45, 7) is 5.78. The molecule has 0 aromatic carbocycles.